The Bertz CT molecular complexity index is 956. The zero-order valence-corrected chi connectivity index (χ0v) is 19.3. The van der Waals surface area contributed by atoms with E-state index in [1.807, 2.05) is 12.1 Å². The van der Waals surface area contributed by atoms with Crippen molar-refractivity contribution in [3.05, 3.63) is 35.8 Å². The molecule has 6 nitrogen and oxygen atoms in total. The van der Waals surface area contributed by atoms with Crippen molar-refractivity contribution in [2.24, 2.45) is 5.92 Å². The summed E-state index contributed by atoms with van der Waals surface area (Å²) < 4.78 is 2.16. The summed E-state index contributed by atoms with van der Waals surface area (Å²) in [6.45, 7) is 5.70. The van der Waals surface area contributed by atoms with Crippen molar-refractivity contribution < 1.29 is 4.79 Å². The number of nitrogens with zero attached hydrogens (tertiary/aromatic N) is 5. The normalized spacial score (nSPS) is 27.9. The van der Waals surface area contributed by atoms with Crippen molar-refractivity contribution in [2.45, 2.75) is 76.4 Å². The highest BCUT2D eigenvalue weighted by Gasteiger charge is 2.37. The lowest BCUT2D eigenvalue weighted by molar-refractivity contribution is 0.0516. The number of carbonyl (C=O) groups excluding carboxylic acids is 1. The van der Waals surface area contributed by atoms with Gasteiger partial charge in [-0.1, -0.05) is 31.7 Å². The fourth-order valence-corrected chi connectivity index (χ4v) is 6.88. The molecule has 2 bridgehead atoms. The van der Waals surface area contributed by atoms with E-state index in [0.717, 1.165) is 56.0 Å². The van der Waals surface area contributed by atoms with Crippen LogP contribution in [0.25, 0.3) is 5.65 Å². The van der Waals surface area contributed by atoms with Crippen molar-refractivity contribution in [3.63, 3.8) is 0 Å². The van der Waals surface area contributed by atoms with Crippen LogP contribution in [0, 0.1) is 5.92 Å². The SMILES string of the molecule is O=C(c1nc2ccccn2c1CN1C[C@@H]2CCC[C@H]1C2)N1CCN(C2CCCCC2)CC1. The van der Waals surface area contributed by atoms with Gasteiger partial charge in [0, 0.05) is 57.5 Å². The number of likely N-dealkylation sites (tertiary alicyclic amines) is 1. The van der Waals surface area contributed by atoms with E-state index in [-0.39, 0.29) is 5.91 Å². The summed E-state index contributed by atoms with van der Waals surface area (Å²) in [5.74, 6) is 0.981. The molecule has 2 aromatic rings. The number of piperazine rings is 1. The monoisotopic (exact) mass is 435 g/mol. The molecule has 0 radical (unpaired) electrons. The Morgan fingerprint density at radius 2 is 1.75 bits per heavy atom. The molecule has 4 heterocycles. The smallest absolute Gasteiger partial charge is 0.274 e. The maximum absolute atomic E-state index is 13.7. The molecule has 1 amide bonds. The number of rotatable bonds is 4. The lowest BCUT2D eigenvalue weighted by Gasteiger charge is -2.40. The maximum Gasteiger partial charge on any atom is 0.274 e. The fourth-order valence-electron chi connectivity index (χ4n) is 6.88. The van der Waals surface area contributed by atoms with Gasteiger partial charge in [-0.25, -0.2) is 4.98 Å². The minimum Gasteiger partial charge on any atom is -0.335 e. The summed E-state index contributed by atoms with van der Waals surface area (Å²) in [7, 11) is 0. The average Bonchev–Trinajstić information content (AvgIpc) is 3.35. The highest BCUT2D eigenvalue weighted by atomic mass is 16.2. The van der Waals surface area contributed by atoms with E-state index in [0.29, 0.717) is 11.7 Å². The summed E-state index contributed by atoms with van der Waals surface area (Å²) in [6, 6.07) is 7.53. The molecule has 2 aliphatic carbocycles. The number of carbonyl (C=O) groups is 1. The van der Waals surface area contributed by atoms with E-state index >= 15 is 0 Å². The molecular formula is C26H37N5O. The van der Waals surface area contributed by atoms with Crippen LogP contribution in [0.1, 0.15) is 74.0 Å². The number of imidazole rings is 1. The Balaban J connectivity index is 1.21. The number of fused-ring (bicyclic) bond motifs is 3. The van der Waals surface area contributed by atoms with Gasteiger partial charge in [0.15, 0.2) is 5.69 Å². The van der Waals surface area contributed by atoms with Gasteiger partial charge in [0.05, 0.1) is 5.69 Å². The van der Waals surface area contributed by atoms with Gasteiger partial charge in [-0.3, -0.25) is 14.6 Å². The van der Waals surface area contributed by atoms with Crippen molar-refractivity contribution in [2.75, 3.05) is 32.7 Å². The van der Waals surface area contributed by atoms with Crippen molar-refractivity contribution in [1.82, 2.24) is 24.1 Å². The molecule has 0 aromatic carbocycles. The second kappa shape index (κ2) is 8.79. The van der Waals surface area contributed by atoms with Crippen LogP contribution in [0.3, 0.4) is 0 Å². The van der Waals surface area contributed by atoms with Gasteiger partial charge in [-0.15, -0.1) is 0 Å². The van der Waals surface area contributed by atoms with E-state index in [1.54, 1.807) is 0 Å². The number of hydrogen-bond acceptors (Lipinski definition) is 4. The summed E-state index contributed by atoms with van der Waals surface area (Å²) >= 11 is 0. The van der Waals surface area contributed by atoms with Crippen LogP contribution in [-0.2, 0) is 6.54 Å². The average molecular weight is 436 g/mol. The third kappa shape index (κ3) is 3.86. The van der Waals surface area contributed by atoms with E-state index in [2.05, 4.69) is 31.4 Å². The predicted octanol–water partition coefficient (Wildman–Crippen LogP) is 3.80. The van der Waals surface area contributed by atoms with Crippen LogP contribution in [0.15, 0.2) is 24.4 Å². The third-order valence-corrected chi connectivity index (χ3v) is 8.64. The van der Waals surface area contributed by atoms with Gasteiger partial charge < -0.3 is 9.30 Å². The van der Waals surface area contributed by atoms with E-state index in [1.165, 1.54) is 64.3 Å². The molecule has 6 rings (SSSR count). The topological polar surface area (TPSA) is 44.1 Å². The number of hydrogen-bond donors (Lipinski definition) is 0. The van der Waals surface area contributed by atoms with E-state index in [9.17, 15) is 4.79 Å². The van der Waals surface area contributed by atoms with Crippen LogP contribution in [0.4, 0.5) is 0 Å². The van der Waals surface area contributed by atoms with Gasteiger partial charge in [-0.2, -0.15) is 0 Å². The van der Waals surface area contributed by atoms with E-state index in [4.69, 9.17) is 4.98 Å². The Hall–Kier alpha value is -1.92. The van der Waals surface area contributed by atoms with Gasteiger partial charge in [0.25, 0.3) is 5.91 Å². The molecule has 2 aliphatic heterocycles. The molecule has 2 atom stereocenters. The molecule has 0 spiro atoms. The Morgan fingerprint density at radius 3 is 2.56 bits per heavy atom. The van der Waals surface area contributed by atoms with Gasteiger partial charge in [0.1, 0.15) is 5.65 Å². The van der Waals surface area contributed by atoms with Crippen LogP contribution in [-0.4, -0.2) is 74.8 Å². The largest absolute Gasteiger partial charge is 0.335 e. The first-order valence-corrected chi connectivity index (χ1v) is 13.0. The lowest BCUT2D eigenvalue weighted by Crippen LogP contribution is -2.52. The quantitative estimate of drug-likeness (QED) is 0.733. The standard InChI is InChI=1S/C26H37N5O/c32-26(29-15-13-28(14-16-29)21-8-2-1-3-9-21)25-23(31-12-5-4-11-24(31)27-25)19-30-18-20-7-6-10-22(30)17-20/h4-5,11-12,20-22H,1-3,6-10,13-19H2/t20-,22+/m1/s1. The van der Waals surface area contributed by atoms with Crippen LogP contribution in [0.5, 0.6) is 0 Å². The predicted molar refractivity (Wildman–Crippen MR) is 126 cm³/mol. The van der Waals surface area contributed by atoms with Gasteiger partial charge in [0.2, 0.25) is 0 Å². The van der Waals surface area contributed by atoms with E-state index < -0.39 is 0 Å². The molecule has 172 valence electrons. The highest BCUT2D eigenvalue weighted by molar-refractivity contribution is 5.94. The second-order valence-electron chi connectivity index (χ2n) is 10.6. The van der Waals surface area contributed by atoms with Crippen LogP contribution >= 0.6 is 0 Å². The Kier molecular flexibility index (Phi) is 5.68. The number of aromatic nitrogens is 2. The molecule has 4 aliphatic rings. The van der Waals surface area contributed by atoms with Crippen molar-refractivity contribution in [1.29, 1.82) is 0 Å². The first-order valence-electron chi connectivity index (χ1n) is 13.0. The lowest BCUT2D eigenvalue weighted by atomic mass is 9.90. The zero-order valence-electron chi connectivity index (χ0n) is 19.3. The van der Waals surface area contributed by atoms with Crippen LogP contribution < -0.4 is 0 Å². The van der Waals surface area contributed by atoms with Crippen molar-refractivity contribution in [3.8, 4) is 0 Å². The zero-order chi connectivity index (χ0) is 21.5. The molecule has 0 unspecified atom stereocenters. The Labute approximate surface area is 191 Å². The summed E-state index contributed by atoms with van der Waals surface area (Å²) in [6.07, 6.45) is 14.3. The maximum atomic E-state index is 13.7. The molecule has 4 fully saturated rings. The first kappa shape index (κ1) is 20.7. The highest BCUT2D eigenvalue weighted by Crippen LogP contribution is 2.36. The molecule has 2 aromatic heterocycles. The molecule has 0 N–H and O–H groups in total. The number of pyridine rings is 1. The molecule has 32 heavy (non-hydrogen) atoms. The molecule has 2 saturated heterocycles. The van der Waals surface area contributed by atoms with Crippen molar-refractivity contribution >= 4 is 11.6 Å². The first-order chi connectivity index (χ1) is 15.8. The summed E-state index contributed by atoms with van der Waals surface area (Å²) in [4.78, 5) is 25.9. The van der Waals surface area contributed by atoms with Crippen LogP contribution in [0.2, 0.25) is 0 Å². The fraction of sp³-hybridized carbons (Fsp3) is 0.692. The molecular weight excluding hydrogens is 398 g/mol. The summed E-state index contributed by atoms with van der Waals surface area (Å²) in [5.41, 5.74) is 2.67. The molecule has 6 heteroatoms. The second-order valence-corrected chi connectivity index (χ2v) is 10.6. The minimum absolute atomic E-state index is 0.133. The molecule has 2 saturated carbocycles. The minimum atomic E-state index is 0.133. The third-order valence-electron chi connectivity index (χ3n) is 8.64. The number of amides is 1. The summed E-state index contributed by atoms with van der Waals surface area (Å²) in [5, 5.41) is 0. The Morgan fingerprint density at radius 1 is 0.938 bits per heavy atom. The van der Waals surface area contributed by atoms with Gasteiger partial charge in [-0.05, 0) is 50.2 Å². The van der Waals surface area contributed by atoms with Gasteiger partial charge >= 0.3 is 0 Å².